The number of carbonyl (C=O) groups is 1. The first-order valence-electron chi connectivity index (χ1n) is 8.07. The van der Waals surface area contributed by atoms with Gasteiger partial charge in [0, 0.05) is 18.1 Å². The molecule has 22 heavy (non-hydrogen) atoms. The van der Waals surface area contributed by atoms with Crippen LogP contribution < -0.4 is 10.1 Å². The number of likely N-dealkylation sites (tertiary alicyclic amines) is 1. The van der Waals surface area contributed by atoms with Gasteiger partial charge in [-0.05, 0) is 57.1 Å². The normalized spacial score (nSPS) is 17.5. The summed E-state index contributed by atoms with van der Waals surface area (Å²) in [7, 11) is 0. The number of nitrogens with zero attached hydrogens (tertiary/aromatic N) is 1. The molecule has 2 rings (SSSR count). The van der Waals surface area contributed by atoms with Gasteiger partial charge in [0.15, 0.2) is 6.10 Å². The zero-order valence-corrected chi connectivity index (χ0v) is 13.9. The molecule has 1 aliphatic heterocycles. The fraction of sp³-hybridized carbons (Fsp3) is 0.588. The second-order valence-electron chi connectivity index (χ2n) is 5.76. The van der Waals surface area contributed by atoms with E-state index in [9.17, 15) is 4.79 Å². The molecule has 1 aliphatic rings. The minimum absolute atomic E-state index is 0.0789. The first-order valence-corrected chi connectivity index (χ1v) is 8.45. The molecule has 1 saturated heterocycles. The Hall–Kier alpha value is -1.26. The maximum absolute atomic E-state index is 12.0. The minimum Gasteiger partial charge on any atom is -0.481 e. The van der Waals surface area contributed by atoms with Gasteiger partial charge in [-0.2, -0.15) is 0 Å². The van der Waals surface area contributed by atoms with Gasteiger partial charge in [-0.15, -0.1) is 0 Å². The lowest BCUT2D eigenvalue weighted by molar-refractivity contribution is -0.127. The number of amides is 1. The summed E-state index contributed by atoms with van der Waals surface area (Å²) in [5, 5.41) is 3.60. The van der Waals surface area contributed by atoms with Gasteiger partial charge in [0.05, 0.1) is 0 Å². The molecule has 0 spiro atoms. The number of hydrogen-bond donors (Lipinski definition) is 1. The lowest BCUT2D eigenvalue weighted by atomic mass is 10.2. The molecule has 0 aromatic heterocycles. The Kier molecular flexibility index (Phi) is 7.00. The van der Waals surface area contributed by atoms with Crippen LogP contribution in [-0.2, 0) is 4.79 Å². The summed E-state index contributed by atoms with van der Waals surface area (Å²) in [6.07, 6.45) is 4.68. The zero-order chi connectivity index (χ0) is 15.8. The molecular weight excluding hydrogens is 300 g/mol. The van der Waals surface area contributed by atoms with Gasteiger partial charge in [-0.1, -0.05) is 24.4 Å². The van der Waals surface area contributed by atoms with E-state index in [1.54, 1.807) is 31.2 Å². The van der Waals surface area contributed by atoms with E-state index in [0.29, 0.717) is 17.3 Å². The van der Waals surface area contributed by atoms with Crippen molar-refractivity contribution in [2.75, 3.05) is 26.2 Å². The number of halogens is 1. The predicted molar refractivity (Wildman–Crippen MR) is 89.5 cm³/mol. The van der Waals surface area contributed by atoms with Crippen molar-refractivity contribution in [3.8, 4) is 5.75 Å². The highest BCUT2D eigenvalue weighted by molar-refractivity contribution is 6.30. The SMILES string of the molecule is CC(Oc1ccc(Cl)cc1)C(=O)NCCN1CCCCCC1. The van der Waals surface area contributed by atoms with E-state index < -0.39 is 6.10 Å². The van der Waals surface area contributed by atoms with Gasteiger partial charge in [-0.3, -0.25) is 4.79 Å². The van der Waals surface area contributed by atoms with Crippen LogP contribution in [-0.4, -0.2) is 43.1 Å². The number of ether oxygens (including phenoxy) is 1. The average molecular weight is 325 g/mol. The summed E-state index contributed by atoms with van der Waals surface area (Å²) in [5.74, 6) is 0.573. The van der Waals surface area contributed by atoms with Crippen molar-refractivity contribution in [2.45, 2.75) is 38.7 Å². The molecule has 1 fully saturated rings. The van der Waals surface area contributed by atoms with E-state index in [-0.39, 0.29) is 5.91 Å². The molecule has 0 aliphatic carbocycles. The lowest BCUT2D eigenvalue weighted by Crippen LogP contribution is -2.41. The van der Waals surface area contributed by atoms with E-state index in [4.69, 9.17) is 16.3 Å². The molecule has 1 heterocycles. The second-order valence-corrected chi connectivity index (χ2v) is 6.20. The molecule has 5 heteroatoms. The molecule has 1 N–H and O–H groups in total. The van der Waals surface area contributed by atoms with Gasteiger partial charge in [0.1, 0.15) is 5.75 Å². The third-order valence-electron chi connectivity index (χ3n) is 3.92. The van der Waals surface area contributed by atoms with Crippen LogP contribution in [0.25, 0.3) is 0 Å². The van der Waals surface area contributed by atoms with Crippen molar-refractivity contribution in [2.24, 2.45) is 0 Å². The van der Waals surface area contributed by atoms with Crippen LogP contribution >= 0.6 is 11.6 Å². The quantitative estimate of drug-likeness (QED) is 0.874. The Morgan fingerprint density at radius 1 is 1.23 bits per heavy atom. The molecule has 4 nitrogen and oxygen atoms in total. The second kappa shape index (κ2) is 9.01. The highest BCUT2D eigenvalue weighted by atomic mass is 35.5. The van der Waals surface area contributed by atoms with Crippen LogP contribution in [0.1, 0.15) is 32.6 Å². The van der Waals surface area contributed by atoms with E-state index >= 15 is 0 Å². The fourth-order valence-corrected chi connectivity index (χ4v) is 2.74. The maximum Gasteiger partial charge on any atom is 0.260 e. The monoisotopic (exact) mass is 324 g/mol. The van der Waals surface area contributed by atoms with Crippen molar-refractivity contribution >= 4 is 17.5 Å². The summed E-state index contributed by atoms with van der Waals surface area (Å²) >= 11 is 5.83. The Balaban J connectivity index is 1.68. The van der Waals surface area contributed by atoms with Crippen molar-refractivity contribution in [3.05, 3.63) is 29.3 Å². The van der Waals surface area contributed by atoms with Gasteiger partial charge in [-0.25, -0.2) is 0 Å². The molecule has 1 aromatic rings. The number of hydrogen-bond acceptors (Lipinski definition) is 3. The van der Waals surface area contributed by atoms with E-state index in [2.05, 4.69) is 10.2 Å². The fourth-order valence-electron chi connectivity index (χ4n) is 2.61. The maximum atomic E-state index is 12.0. The van der Waals surface area contributed by atoms with Crippen LogP contribution in [0.2, 0.25) is 5.02 Å². The molecule has 122 valence electrons. The third kappa shape index (κ3) is 5.85. The Morgan fingerprint density at radius 2 is 1.86 bits per heavy atom. The molecule has 1 atom stereocenters. The molecule has 1 unspecified atom stereocenters. The zero-order valence-electron chi connectivity index (χ0n) is 13.2. The standard InChI is InChI=1S/C17H25ClN2O2/c1-14(22-16-8-6-15(18)7-9-16)17(21)19-10-13-20-11-4-2-3-5-12-20/h6-9,14H,2-5,10-13H2,1H3,(H,19,21). The molecular formula is C17H25ClN2O2. The number of rotatable bonds is 6. The summed E-state index contributed by atoms with van der Waals surface area (Å²) in [6, 6.07) is 7.04. The lowest BCUT2D eigenvalue weighted by Gasteiger charge is -2.20. The molecule has 0 saturated carbocycles. The summed E-state index contributed by atoms with van der Waals surface area (Å²) in [6.45, 7) is 5.64. The molecule has 1 amide bonds. The van der Waals surface area contributed by atoms with E-state index in [1.807, 2.05) is 0 Å². The number of carbonyl (C=O) groups excluding carboxylic acids is 1. The predicted octanol–water partition coefficient (Wildman–Crippen LogP) is 3.10. The van der Waals surface area contributed by atoms with Crippen molar-refractivity contribution in [1.82, 2.24) is 10.2 Å². The number of nitrogens with one attached hydrogen (secondary N) is 1. The minimum atomic E-state index is -0.509. The molecule has 0 radical (unpaired) electrons. The Labute approximate surface area is 137 Å². The van der Waals surface area contributed by atoms with Crippen molar-refractivity contribution in [1.29, 1.82) is 0 Å². The van der Waals surface area contributed by atoms with Crippen molar-refractivity contribution in [3.63, 3.8) is 0 Å². The summed E-state index contributed by atoms with van der Waals surface area (Å²) in [4.78, 5) is 14.5. The molecule has 0 bridgehead atoms. The highest BCUT2D eigenvalue weighted by Crippen LogP contribution is 2.16. The highest BCUT2D eigenvalue weighted by Gasteiger charge is 2.15. The Bertz CT molecular complexity index is 456. The third-order valence-corrected chi connectivity index (χ3v) is 4.17. The smallest absolute Gasteiger partial charge is 0.260 e. The molecule has 1 aromatic carbocycles. The topological polar surface area (TPSA) is 41.6 Å². The van der Waals surface area contributed by atoms with Gasteiger partial charge in [0.25, 0.3) is 5.91 Å². The van der Waals surface area contributed by atoms with Crippen LogP contribution in [0.4, 0.5) is 0 Å². The van der Waals surface area contributed by atoms with E-state index in [1.165, 1.54) is 25.7 Å². The Morgan fingerprint density at radius 3 is 2.50 bits per heavy atom. The van der Waals surface area contributed by atoms with Gasteiger partial charge in [0.2, 0.25) is 0 Å². The van der Waals surface area contributed by atoms with Crippen molar-refractivity contribution < 1.29 is 9.53 Å². The van der Waals surface area contributed by atoms with Gasteiger partial charge >= 0.3 is 0 Å². The first kappa shape index (κ1) is 17.1. The van der Waals surface area contributed by atoms with Crippen LogP contribution in [0, 0.1) is 0 Å². The van der Waals surface area contributed by atoms with Crippen LogP contribution in [0.5, 0.6) is 5.75 Å². The summed E-state index contributed by atoms with van der Waals surface area (Å²) < 4.78 is 5.61. The van der Waals surface area contributed by atoms with Crippen LogP contribution in [0.3, 0.4) is 0 Å². The van der Waals surface area contributed by atoms with Crippen LogP contribution in [0.15, 0.2) is 24.3 Å². The number of benzene rings is 1. The van der Waals surface area contributed by atoms with E-state index in [0.717, 1.165) is 19.6 Å². The average Bonchev–Trinajstić information content (AvgIpc) is 2.78. The largest absolute Gasteiger partial charge is 0.481 e. The first-order chi connectivity index (χ1) is 10.6. The summed E-state index contributed by atoms with van der Waals surface area (Å²) in [5.41, 5.74) is 0. The van der Waals surface area contributed by atoms with Gasteiger partial charge < -0.3 is 15.0 Å².